The number of fused-ring (bicyclic) bond motifs is 7. The molecule has 0 atom stereocenters. The van der Waals surface area contributed by atoms with Crippen LogP contribution >= 0.6 is 11.3 Å². The van der Waals surface area contributed by atoms with Gasteiger partial charge < -0.3 is 4.57 Å². The molecule has 9 aromatic rings. The topological polar surface area (TPSA) is 30.7 Å². The molecule has 0 bridgehead atoms. The van der Waals surface area contributed by atoms with E-state index in [2.05, 4.69) is 120 Å². The predicted octanol–water partition coefficient (Wildman–Crippen LogP) is 10.4. The van der Waals surface area contributed by atoms with Crippen LogP contribution in [0.2, 0.25) is 0 Å². The highest BCUT2D eigenvalue weighted by molar-refractivity contribution is 7.25. The molecule has 0 amide bonds. The van der Waals surface area contributed by atoms with Crippen molar-refractivity contribution in [3.05, 3.63) is 140 Å². The molecule has 6 aromatic carbocycles. The fourth-order valence-corrected chi connectivity index (χ4v) is 7.37. The van der Waals surface area contributed by atoms with Crippen molar-refractivity contribution in [2.24, 2.45) is 0 Å². The molecule has 0 N–H and O–H groups in total. The number of thiophene rings is 1. The molecule has 3 nitrogen and oxygen atoms in total. The molecule has 0 unspecified atom stereocenters. The van der Waals surface area contributed by atoms with Gasteiger partial charge in [-0.3, -0.25) is 0 Å². The lowest BCUT2D eigenvalue weighted by Crippen LogP contribution is -1.96. The van der Waals surface area contributed by atoms with Gasteiger partial charge >= 0.3 is 0 Å². The molecule has 0 saturated carbocycles. The smallest absolute Gasteiger partial charge is 0.160 e. The van der Waals surface area contributed by atoms with Gasteiger partial charge in [0.05, 0.1) is 22.2 Å². The zero-order valence-electron chi connectivity index (χ0n) is 22.5. The molecule has 0 aliphatic rings. The Hall–Kier alpha value is -5.32. The fourth-order valence-electron chi connectivity index (χ4n) is 6.25. The van der Waals surface area contributed by atoms with E-state index in [1.54, 1.807) is 0 Å². The molecular weight excluding hydrogens is 531 g/mol. The van der Waals surface area contributed by atoms with Gasteiger partial charge in [0.15, 0.2) is 5.82 Å². The number of hydrogen-bond donors (Lipinski definition) is 0. The van der Waals surface area contributed by atoms with E-state index in [-0.39, 0.29) is 0 Å². The minimum absolute atomic E-state index is 0.739. The summed E-state index contributed by atoms with van der Waals surface area (Å²) in [4.78, 5) is 9.96. The predicted molar refractivity (Wildman–Crippen MR) is 178 cm³/mol. The third kappa shape index (κ3) is 3.52. The molecule has 4 heteroatoms. The number of hydrogen-bond acceptors (Lipinski definition) is 3. The Morgan fingerprint density at radius 2 is 1.17 bits per heavy atom. The van der Waals surface area contributed by atoms with Crippen LogP contribution in [0, 0.1) is 0 Å². The van der Waals surface area contributed by atoms with E-state index in [1.807, 2.05) is 35.6 Å². The van der Waals surface area contributed by atoms with Gasteiger partial charge in [-0.15, -0.1) is 11.3 Å². The van der Waals surface area contributed by atoms with E-state index >= 15 is 0 Å². The maximum absolute atomic E-state index is 5.07. The van der Waals surface area contributed by atoms with Crippen molar-refractivity contribution in [1.82, 2.24) is 14.5 Å². The molecule has 0 radical (unpaired) electrons. The van der Waals surface area contributed by atoms with Gasteiger partial charge in [0, 0.05) is 53.1 Å². The highest BCUT2D eigenvalue weighted by Gasteiger charge is 2.16. The second-order valence-electron chi connectivity index (χ2n) is 10.6. The molecule has 0 aliphatic carbocycles. The van der Waals surface area contributed by atoms with Crippen LogP contribution in [0.5, 0.6) is 0 Å². The van der Waals surface area contributed by atoms with E-state index in [9.17, 15) is 0 Å². The quantitative estimate of drug-likeness (QED) is 0.218. The molecule has 0 saturated heterocycles. The molecule has 9 rings (SSSR count). The van der Waals surface area contributed by atoms with Crippen LogP contribution in [0.4, 0.5) is 0 Å². The van der Waals surface area contributed by atoms with Gasteiger partial charge in [-0.05, 0) is 42.5 Å². The van der Waals surface area contributed by atoms with E-state index in [0.717, 1.165) is 39.2 Å². The Morgan fingerprint density at radius 1 is 0.452 bits per heavy atom. The third-order valence-corrected chi connectivity index (χ3v) is 9.34. The average Bonchev–Trinajstić information content (AvgIpc) is 3.58. The summed E-state index contributed by atoms with van der Waals surface area (Å²) in [6.45, 7) is 0. The van der Waals surface area contributed by atoms with Gasteiger partial charge in [0.1, 0.15) is 0 Å². The van der Waals surface area contributed by atoms with Crippen LogP contribution in [-0.4, -0.2) is 14.5 Å². The molecule has 0 spiro atoms. The van der Waals surface area contributed by atoms with Crippen molar-refractivity contribution >= 4 is 64.2 Å². The lowest BCUT2D eigenvalue weighted by molar-refractivity contribution is 1.18. The molecule has 3 aromatic heterocycles. The summed E-state index contributed by atoms with van der Waals surface area (Å²) in [6.07, 6.45) is 0. The summed E-state index contributed by atoms with van der Waals surface area (Å²) in [5, 5.41) is 6.22. The number of benzene rings is 6. The summed E-state index contributed by atoms with van der Waals surface area (Å²) in [7, 11) is 0. The summed E-state index contributed by atoms with van der Waals surface area (Å²) < 4.78 is 5.05. The Labute approximate surface area is 246 Å². The van der Waals surface area contributed by atoms with Crippen LogP contribution in [0.3, 0.4) is 0 Å². The van der Waals surface area contributed by atoms with Crippen LogP contribution in [0.25, 0.3) is 81.2 Å². The third-order valence-electron chi connectivity index (χ3n) is 8.21. The van der Waals surface area contributed by atoms with Gasteiger partial charge in [0.2, 0.25) is 0 Å². The van der Waals surface area contributed by atoms with E-state index in [1.165, 1.54) is 42.0 Å². The first kappa shape index (κ1) is 23.4. The highest BCUT2D eigenvalue weighted by atomic mass is 32.1. The van der Waals surface area contributed by atoms with Crippen LogP contribution in [0.1, 0.15) is 0 Å². The lowest BCUT2D eigenvalue weighted by atomic mass is 10.0. The monoisotopic (exact) mass is 553 g/mol. The minimum atomic E-state index is 0.739. The van der Waals surface area contributed by atoms with Crippen LogP contribution in [0.15, 0.2) is 140 Å². The Bertz CT molecular complexity index is 2450. The summed E-state index contributed by atoms with van der Waals surface area (Å²) in [6, 6.07) is 49.5. The molecule has 196 valence electrons. The normalized spacial score (nSPS) is 11.8. The maximum Gasteiger partial charge on any atom is 0.160 e. The van der Waals surface area contributed by atoms with E-state index in [4.69, 9.17) is 9.97 Å². The molecular formula is C38H23N3S. The molecule has 3 heterocycles. The zero-order valence-corrected chi connectivity index (χ0v) is 23.3. The fraction of sp³-hybridized carbons (Fsp3) is 0. The molecule has 42 heavy (non-hydrogen) atoms. The van der Waals surface area contributed by atoms with Gasteiger partial charge in [-0.25, -0.2) is 9.97 Å². The SMILES string of the molecule is c1ccc(-c2nc(-c3ccc(-n4c5ccccc5c5cc6sc7ccccc7c6cc54)cc3)c3ccccc3n2)cc1. The number of nitrogens with zero attached hydrogens (tertiary/aromatic N) is 3. The first-order valence-electron chi connectivity index (χ1n) is 14.1. The number of rotatable bonds is 3. The van der Waals surface area contributed by atoms with Crippen LogP contribution in [-0.2, 0) is 0 Å². The summed E-state index contributed by atoms with van der Waals surface area (Å²) in [5.74, 6) is 0.739. The Morgan fingerprint density at radius 3 is 2.02 bits per heavy atom. The average molecular weight is 554 g/mol. The molecule has 0 aliphatic heterocycles. The lowest BCUT2D eigenvalue weighted by Gasteiger charge is -2.12. The molecule has 0 fully saturated rings. The second kappa shape index (κ2) is 9.10. The number of para-hydroxylation sites is 2. The second-order valence-corrected chi connectivity index (χ2v) is 11.7. The Kier molecular flexibility index (Phi) is 5.07. The minimum Gasteiger partial charge on any atom is -0.309 e. The van der Waals surface area contributed by atoms with Crippen molar-refractivity contribution in [1.29, 1.82) is 0 Å². The Balaban J connectivity index is 1.25. The summed E-state index contributed by atoms with van der Waals surface area (Å²) in [5.41, 5.74) is 7.53. The van der Waals surface area contributed by atoms with Crippen molar-refractivity contribution in [3.8, 4) is 28.3 Å². The highest BCUT2D eigenvalue weighted by Crippen LogP contribution is 2.40. The van der Waals surface area contributed by atoms with Crippen molar-refractivity contribution in [2.75, 3.05) is 0 Å². The largest absolute Gasteiger partial charge is 0.309 e. The van der Waals surface area contributed by atoms with Crippen molar-refractivity contribution < 1.29 is 0 Å². The van der Waals surface area contributed by atoms with Gasteiger partial charge in [-0.1, -0.05) is 97.1 Å². The maximum atomic E-state index is 5.07. The van der Waals surface area contributed by atoms with E-state index in [0.29, 0.717) is 0 Å². The standard InChI is InChI=1S/C38H23N3S/c1-2-10-25(11-3-1)38-39-32-15-7-4-14-29(32)37(40-38)24-18-20-26(21-19-24)41-33-16-8-5-12-27(33)30-23-36-31(22-34(30)41)28-13-6-9-17-35(28)42-36/h1-23H. The van der Waals surface area contributed by atoms with Gasteiger partial charge in [-0.2, -0.15) is 0 Å². The van der Waals surface area contributed by atoms with Crippen molar-refractivity contribution in [2.45, 2.75) is 0 Å². The zero-order chi connectivity index (χ0) is 27.6. The van der Waals surface area contributed by atoms with E-state index < -0.39 is 0 Å². The van der Waals surface area contributed by atoms with Gasteiger partial charge in [0.25, 0.3) is 0 Å². The van der Waals surface area contributed by atoms with Crippen LogP contribution < -0.4 is 0 Å². The first-order valence-corrected chi connectivity index (χ1v) is 14.9. The summed E-state index contributed by atoms with van der Waals surface area (Å²) >= 11 is 1.87. The number of aromatic nitrogens is 3. The van der Waals surface area contributed by atoms with Crippen molar-refractivity contribution in [3.63, 3.8) is 0 Å². The first-order chi connectivity index (χ1) is 20.8.